The van der Waals surface area contributed by atoms with Gasteiger partial charge in [-0.25, -0.2) is 0 Å². The summed E-state index contributed by atoms with van der Waals surface area (Å²) in [6.45, 7) is 1.50. The predicted octanol–water partition coefficient (Wildman–Crippen LogP) is 1.85. The SMILES string of the molecule is COc1cc(OC)c(C2SCC(=O)N2CCN(C)C)cc1OC. The van der Waals surface area contributed by atoms with Gasteiger partial charge in [-0.1, -0.05) is 0 Å². The molecule has 1 atom stereocenters. The fourth-order valence-electron chi connectivity index (χ4n) is 2.51. The molecular formula is C16H24N2O4S. The quantitative estimate of drug-likeness (QED) is 0.755. The maximum atomic E-state index is 12.2. The molecule has 1 aromatic rings. The lowest BCUT2D eigenvalue weighted by Gasteiger charge is -2.27. The van der Waals surface area contributed by atoms with E-state index < -0.39 is 0 Å². The van der Waals surface area contributed by atoms with E-state index >= 15 is 0 Å². The fourth-order valence-corrected chi connectivity index (χ4v) is 3.74. The van der Waals surface area contributed by atoms with Crippen molar-refractivity contribution in [1.82, 2.24) is 9.80 Å². The summed E-state index contributed by atoms with van der Waals surface area (Å²) in [7, 11) is 8.81. The molecule has 2 rings (SSSR count). The molecule has 23 heavy (non-hydrogen) atoms. The first-order chi connectivity index (χ1) is 11.0. The van der Waals surface area contributed by atoms with Crippen LogP contribution in [0.2, 0.25) is 0 Å². The molecule has 1 heterocycles. The van der Waals surface area contributed by atoms with Gasteiger partial charge in [0, 0.05) is 24.7 Å². The summed E-state index contributed by atoms with van der Waals surface area (Å²) in [5.74, 6) is 2.58. The van der Waals surface area contributed by atoms with Crippen LogP contribution in [0.3, 0.4) is 0 Å². The molecule has 1 unspecified atom stereocenters. The number of benzene rings is 1. The van der Waals surface area contributed by atoms with Gasteiger partial charge in [0.05, 0.1) is 27.1 Å². The van der Waals surface area contributed by atoms with Crippen molar-refractivity contribution < 1.29 is 19.0 Å². The zero-order chi connectivity index (χ0) is 17.0. The van der Waals surface area contributed by atoms with Gasteiger partial charge in [-0.15, -0.1) is 11.8 Å². The van der Waals surface area contributed by atoms with Crippen LogP contribution < -0.4 is 14.2 Å². The average molecular weight is 340 g/mol. The highest BCUT2D eigenvalue weighted by molar-refractivity contribution is 8.00. The van der Waals surface area contributed by atoms with E-state index in [1.165, 1.54) is 0 Å². The van der Waals surface area contributed by atoms with Crippen LogP contribution in [0, 0.1) is 0 Å². The van der Waals surface area contributed by atoms with E-state index in [0.717, 1.165) is 12.1 Å². The monoisotopic (exact) mass is 340 g/mol. The molecule has 1 saturated heterocycles. The Hall–Kier alpha value is -1.60. The summed E-state index contributed by atoms with van der Waals surface area (Å²) < 4.78 is 16.2. The summed E-state index contributed by atoms with van der Waals surface area (Å²) in [6.07, 6.45) is 0. The van der Waals surface area contributed by atoms with Gasteiger partial charge in [0.25, 0.3) is 0 Å². The number of hydrogen-bond acceptors (Lipinski definition) is 6. The van der Waals surface area contributed by atoms with E-state index in [9.17, 15) is 4.79 Å². The van der Waals surface area contributed by atoms with Crippen molar-refractivity contribution in [1.29, 1.82) is 0 Å². The van der Waals surface area contributed by atoms with Crippen LogP contribution in [0.5, 0.6) is 17.2 Å². The Balaban J connectivity index is 2.36. The molecule has 0 N–H and O–H groups in total. The summed E-state index contributed by atoms with van der Waals surface area (Å²) in [5.41, 5.74) is 0.930. The molecule has 1 amide bonds. The van der Waals surface area contributed by atoms with Gasteiger partial charge in [0.2, 0.25) is 5.91 Å². The number of likely N-dealkylation sites (N-methyl/N-ethyl adjacent to an activating group) is 1. The first kappa shape index (κ1) is 17.7. The molecule has 1 aromatic carbocycles. The minimum Gasteiger partial charge on any atom is -0.496 e. The lowest BCUT2D eigenvalue weighted by molar-refractivity contribution is -0.128. The van der Waals surface area contributed by atoms with E-state index in [2.05, 4.69) is 4.90 Å². The molecule has 1 aliphatic heterocycles. The average Bonchev–Trinajstić information content (AvgIpc) is 2.92. The van der Waals surface area contributed by atoms with Crippen molar-refractivity contribution in [3.05, 3.63) is 17.7 Å². The Morgan fingerprint density at radius 3 is 2.30 bits per heavy atom. The fraction of sp³-hybridized carbons (Fsp3) is 0.562. The van der Waals surface area contributed by atoms with Crippen molar-refractivity contribution in [2.75, 3.05) is 54.3 Å². The van der Waals surface area contributed by atoms with Gasteiger partial charge >= 0.3 is 0 Å². The van der Waals surface area contributed by atoms with Crippen molar-refractivity contribution in [3.63, 3.8) is 0 Å². The molecule has 0 aliphatic carbocycles. The molecule has 6 nitrogen and oxygen atoms in total. The number of ether oxygens (including phenoxy) is 3. The Kier molecular flexibility index (Phi) is 6.01. The number of carbonyl (C=O) groups is 1. The van der Waals surface area contributed by atoms with Crippen LogP contribution in [0.1, 0.15) is 10.9 Å². The van der Waals surface area contributed by atoms with Crippen LogP contribution in [0.25, 0.3) is 0 Å². The lowest BCUT2D eigenvalue weighted by atomic mass is 10.1. The molecule has 128 valence electrons. The van der Waals surface area contributed by atoms with Crippen LogP contribution in [-0.4, -0.2) is 70.0 Å². The zero-order valence-corrected chi connectivity index (χ0v) is 15.1. The summed E-state index contributed by atoms with van der Waals surface area (Å²) in [5, 5.41) is -0.0720. The highest BCUT2D eigenvalue weighted by Crippen LogP contribution is 2.46. The molecule has 1 fully saturated rings. The van der Waals surface area contributed by atoms with E-state index in [1.807, 2.05) is 31.1 Å². The van der Waals surface area contributed by atoms with Gasteiger partial charge in [0.1, 0.15) is 11.1 Å². The first-order valence-corrected chi connectivity index (χ1v) is 8.42. The Labute approximate surface area is 141 Å². The molecule has 0 spiro atoms. The standard InChI is InChI=1S/C16H24N2O4S/c1-17(2)6-7-18-15(19)10-23-16(18)11-8-13(21-4)14(22-5)9-12(11)20-3/h8-9,16H,6-7,10H2,1-5H3. The summed E-state index contributed by atoms with van der Waals surface area (Å²) in [4.78, 5) is 16.2. The Bertz CT molecular complexity index is 565. The van der Waals surface area contributed by atoms with Crippen molar-refractivity contribution >= 4 is 17.7 Å². The number of carbonyl (C=O) groups excluding carboxylic acids is 1. The number of nitrogens with zero attached hydrogens (tertiary/aromatic N) is 2. The lowest BCUT2D eigenvalue weighted by Crippen LogP contribution is -2.34. The number of amides is 1. The highest BCUT2D eigenvalue weighted by Gasteiger charge is 2.35. The molecule has 1 aliphatic rings. The number of thioether (sulfide) groups is 1. The van der Waals surface area contributed by atoms with Crippen LogP contribution >= 0.6 is 11.8 Å². The van der Waals surface area contributed by atoms with E-state index in [4.69, 9.17) is 14.2 Å². The second-order valence-corrected chi connectivity index (χ2v) is 6.57. The Morgan fingerprint density at radius 2 is 1.74 bits per heavy atom. The topological polar surface area (TPSA) is 51.2 Å². The molecule has 0 radical (unpaired) electrons. The smallest absolute Gasteiger partial charge is 0.233 e. The maximum Gasteiger partial charge on any atom is 0.233 e. The predicted molar refractivity (Wildman–Crippen MR) is 91.6 cm³/mol. The number of rotatable bonds is 7. The van der Waals surface area contributed by atoms with Crippen LogP contribution in [-0.2, 0) is 4.79 Å². The third-order valence-electron chi connectivity index (χ3n) is 3.76. The van der Waals surface area contributed by atoms with Gasteiger partial charge < -0.3 is 24.0 Å². The normalized spacial score (nSPS) is 17.7. The second-order valence-electron chi connectivity index (χ2n) is 5.50. The minimum absolute atomic E-state index is 0.0720. The van der Waals surface area contributed by atoms with Crippen molar-refractivity contribution in [3.8, 4) is 17.2 Å². The van der Waals surface area contributed by atoms with Gasteiger partial charge in [-0.2, -0.15) is 0 Å². The Morgan fingerprint density at radius 1 is 1.13 bits per heavy atom. The van der Waals surface area contributed by atoms with Crippen molar-refractivity contribution in [2.45, 2.75) is 5.37 Å². The second kappa shape index (κ2) is 7.79. The zero-order valence-electron chi connectivity index (χ0n) is 14.3. The van der Waals surface area contributed by atoms with Crippen molar-refractivity contribution in [2.24, 2.45) is 0 Å². The number of hydrogen-bond donors (Lipinski definition) is 0. The van der Waals surface area contributed by atoms with E-state index in [0.29, 0.717) is 29.5 Å². The molecular weight excluding hydrogens is 316 g/mol. The molecule has 7 heteroatoms. The summed E-state index contributed by atoms with van der Waals surface area (Å²) >= 11 is 1.61. The van der Waals surface area contributed by atoms with Crippen LogP contribution in [0.4, 0.5) is 0 Å². The largest absolute Gasteiger partial charge is 0.496 e. The third-order valence-corrected chi connectivity index (χ3v) is 5.00. The van der Waals surface area contributed by atoms with Gasteiger partial charge in [-0.3, -0.25) is 4.79 Å². The third kappa shape index (κ3) is 3.84. The van der Waals surface area contributed by atoms with Gasteiger partial charge in [-0.05, 0) is 20.2 Å². The molecule has 0 bridgehead atoms. The van der Waals surface area contributed by atoms with E-state index in [-0.39, 0.29) is 11.3 Å². The highest BCUT2D eigenvalue weighted by atomic mass is 32.2. The van der Waals surface area contributed by atoms with Gasteiger partial charge in [0.15, 0.2) is 11.5 Å². The first-order valence-electron chi connectivity index (χ1n) is 7.37. The van der Waals surface area contributed by atoms with E-state index in [1.54, 1.807) is 33.1 Å². The number of methoxy groups -OCH3 is 3. The van der Waals surface area contributed by atoms with Crippen LogP contribution in [0.15, 0.2) is 12.1 Å². The molecule has 0 aromatic heterocycles. The molecule has 0 saturated carbocycles. The summed E-state index contributed by atoms with van der Waals surface area (Å²) in [6, 6.07) is 3.71. The minimum atomic E-state index is -0.0720. The maximum absolute atomic E-state index is 12.2.